The molecule has 0 radical (unpaired) electrons. The lowest BCUT2D eigenvalue weighted by Gasteiger charge is -2.53. The Morgan fingerprint density at radius 1 is 1.00 bits per heavy atom. The van der Waals surface area contributed by atoms with Gasteiger partial charge in [0, 0.05) is 11.8 Å². The van der Waals surface area contributed by atoms with Gasteiger partial charge in [-0.05, 0) is 26.7 Å². The average molecular weight is 198 g/mol. The van der Waals surface area contributed by atoms with Gasteiger partial charge < -0.3 is 4.48 Å². The fourth-order valence-electron chi connectivity index (χ4n) is 3.40. The summed E-state index contributed by atoms with van der Waals surface area (Å²) in [5.74, 6) is 1.77. The predicted octanol–water partition coefficient (Wildman–Crippen LogP) is 3.30. The molecule has 1 aliphatic heterocycles. The van der Waals surface area contributed by atoms with E-state index in [1.807, 2.05) is 0 Å². The van der Waals surface area contributed by atoms with Crippen molar-refractivity contribution in [3.63, 3.8) is 0 Å². The van der Waals surface area contributed by atoms with E-state index in [0.717, 1.165) is 23.9 Å². The van der Waals surface area contributed by atoms with Crippen molar-refractivity contribution >= 4 is 0 Å². The van der Waals surface area contributed by atoms with Gasteiger partial charge >= 0.3 is 0 Å². The summed E-state index contributed by atoms with van der Waals surface area (Å²) in [6.07, 6.45) is 2.73. The molecule has 1 saturated heterocycles. The van der Waals surface area contributed by atoms with Crippen LogP contribution in [0.2, 0.25) is 0 Å². The van der Waals surface area contributed by atoms with Crippen LogP contribution in [0.15, 0.2) is 0 Å². The number of piperidine rings is 1. The van der Waals surface area contributed by atoms with E-state index in [9.17, 15) is 0 Å². The number of hydrogen-bond donors (Lipinski definition) is 0. The van der Waals surface area contributed by atoms with Crippen LogP contribution < -0.4 is 0 Å². The van der Waals surface area contributed by atoms with Crippen LogP contribution in [0, 0.1) is 11.8 Å². The third-order valence-electron chi connectivity index (χ3n) is 4.96. The first-order chi connectivity index (χ1) is 6.43. The van der Waals surface area contributed by atoms with E-state index < -0.39 is 0 Å². The summed E-state index contributed by atoms with van der Waals surface area (Å²) in [5.41, 5.74) is 0. The smallest absolute Gasteiger partial charge is 0.0887 e. The second-order valence-electron chi connectivity index (χ2n) is 5.74. The molecule has 1 aliphatic rings. The number of rotatable bonds is 2. The molecule has 0 bridgehead atoms. The SMILES string of the molecule is CCC[N+]1(C)C(C)C(C)CC(C)C1C. The minimum Gasteiger partial charge on any atom is -0.321 e. The van der Waals surface area contributed by atoms with E-state index in [1.165, 1.54) is 23.9 Å². The van der Waals surface area contributed by atoms with Crippen LogP contribution in [0.3, 0.4) is 0 Å². The van der Waals surface area contributed by atoms with Gasteiger partial charge in [0.15, 0.2) is 0 Å². The lowest BCUT2D eigenvalue weighted by atomic mass is 9.79. The molecule has 1 heterocycles. The maximum atomic E-state index is 2.46. The van der Waals surface area contributed by atoms with Gasteiger partial charge in [0.25, 0.3) is 0 Å². The topological polar surface area (TPSA) is 0 Å². The van der Waals surface area contributed by atoms with Crippen molar-refractivity contribution in [3.8, 4) is 0 Å². The summed E-state index contributed by atoms with van der Waals surface area (Å²) in [4.78, 5) is 0. The molecule has 0 aliphatic carbocycles. The predicted molar refractivity (Wildman–Crippen MR) is 63.2 cm³/mol. The second-order valence-corrected chi connectivity index (χ2v) is 5.74. The highest BCUT2D eigenvalue weighted by Crippen LogP contribution is 2.36. The molecule has 84 valence electrons. The Balaban J connectivity index is 2.86. The van der Waals surface area contributed by atoms with Gasteiger partial charge in [-0.25, -0.2) is 0 Å². The molecule has 4 atom stereocenters. The zero-order valence-corrected chi connectivity index (χ0v) is 10.9. The van der Waals surface area contributed by atoms with Crippen LogP contribution in [0.1, 0.15) is 47.5 Å². The van der Waals surface area contributed by atoms with E-state index in [2.05, 4.69) is 41.7 Å². The molecule has 1 heteroatoms. The summed E-state index contributed by atoms with van der Waals surface area (Å²) in [5, 5.41) is 0. The molecule has 14 heavy (non-hydrogen) atoms. The number of nitrogens with zero attached hydrogens (tertiary/aromatic N) is 1. The Hall–Kier alpha value is -0.0400. The number of quaternary nitrogens is 1. The molecule has 0 aromatic rings. The number of likely N-dealkylation sites (tertiary alicyclic amines) is 1. The fourth-order valence-corrected chi connectivity index (χ4v) is 3.40. The fraction of sp³-hybridized carbons (Fsp3) is 1.00. The Morgan fingerprint density at radius 2 is 1.43 bits per heavy atom. The van der Waals surface area contributed by atoms with E-state index in [4.69, 9.17) is 0 Å². The summed E-state index contributed by atoms with van der Waals surface area (Å²) in [6, 6.07) is 1.67. The molecule has 0 saturated carbocycles. The average Bonchev–Trinajstić information content (AvgIpc) is 2.13. The van der Waals surface area contributed by atoms with Crippen LogP contribution >= 0.6 is 0 Å². The van der Waals surface area contributed by atoms with Crippen molar-refractivity contribution in [1.29, 1.82) is 0 Å². The van der Waals surface area contributed by atoms with Crippen molar-refractivity contribution in [1.82, 2.24) is 0 Å². The lowest BCUT2D eigenvalue weighted by molar-refractivity contribution is -0.965. The monoisotopic (exact) mass is 198 g/mol. The summed E-state index contributed by atoms with van der Waals surface area (Å²) in [6.45, 7) is 13.4. The summed E-state index contributed by atoms with van der Waals surface area (Å²) < 4.78 is 1.29. The van der Waals surface area contributed by atoms with Crippen LogP contribution in [0.25, 0.3) is 0 Å². The van der Waals surface area contributed by atoms with Crippen LogP contribution in [-0.2, 0) is 0 Å². The Kier molecular flexibility index (Phi) is 3.63. The summed E-state index contributed by atoms with van der Waals surface area (Å²) in [7, 11) is 2.46. The highest BCUT2D eigenvalue weighted by atomic mass is 15.4. The first kappa shape index (κ1) is 12.0. The molecular formula is C13H28N+. The molecule has 1 fully saturated rings. The maximum absolute atomic E-state index is 2.46. The first-order valence-corrected chi connectivity index (χ1v) is 6.28. The molecule has 0 spiro atoms. The molecule has 0 amide bonds. The molecule has 0 aromatic carbocycles. The zero-order chi connectivity index (χ0) is 10.9. The standard InChI is InChI=1S/C13H28N/c1-7-8-14(6)12(4)10(2)9-11(3)13(14)5/h10-13H,7-9H2,1-6H3/q+1. The zero-order valence-electron chi connectivity index (χ0n) is 10.9. The quantitative estimate of drug-likeness (QED) is 0.597. The van der Waals surface area contributed by atoms with Gasteiger partial charge in [0.2, 0.25) is 0 Å². The van der Waals surface area contributed by atoms with Crippen molar-refractivity contribution in [3.05, 3.63) is 0 Å². The van der Waals surface area contributed by atoms with Gasteiger partial charge in [-0.3, -0.25) is 0 Å². The van der Waals surface area contributed by atoms with Gasteiger partial charge in [-0.1, -0.05) is 20.8 Å². The lowest BCUT2D eigenvalue weighted by Crippen LogP contribution is -2.64. The molecule has 1 nitrogen and oxygen atoms in total. The van der Waals surface area contributed by atoms with Crippen molar-refractivity contribution < 1.29 is 4.48 Å². The Labute approximate surface area is 90.1 Å². The van der Waals surface area contributed by atoms with E-state index in [-0.39, 0.29) is 0 Å². The van der Waals surface area contributed by atoms with Gasteiger partial charge in [0.05, 0.1) is 25.7 Å². The van der Waals surface area contributed by atoms with E-state index in [0.29, 0.717) is 0 Å². The van der Waals surface area contributed by atoms with Crippen molar-refractivity contribution in [2.24, 2.45) is 11.8 Å². The maximum Gasteiger partial charge on any atom is 0.0887 e. The minimum absolute atomic E-state index is 0.834. The molecule has 4 unspecified atom stereocenters. The van der Waals surface area contributed by atoms with E-state index in [1.54, 1.807) is 0 Å². The normalized spacial score (nSPS) is 49.3. The van der Waals surface area contributed by atoms with Crippen LogP contribution in [0.4, 0.5) is 0 Å². The summed E-state index contributed by atoms with van der Waals surface area (Å²) >= 11 is 0. The highest BCUT2D eigenvalue weighted by molar-refractivity contribution is 4.77. The van der Waals surface area contributed by atoms with Gasteiger partial charge in [0.1, 0.15) is 0 Å². The Bertz CT molecular complexity index is 174. The third-order valence-corrected chi connectivity index (χ3v) is 4.96. The number of hydrogen-bond acceptors (Lipinski definition) is 0. The Morgan fingerprint density at radius 3 is 1.79 bits per heavy atom. The first-order valence-electron chi connectivity index (χ1n) is 6.28. The molecule has 0 N–H and O–H groups in total. The second kappa shape index (κ2) is 4.22. The van der Waals surface area contributed by atoms with Gasteiger partial charge in [-0.2, -0.15) is 0 Å². The van der Waals surface area contributed by atoms with Crippen molar-refractivity contribution in [2.45, 2.75) is 59.5 Å². The molecular weight excluding hydrogens is 170 g/mol. The molecule has 0 aromatic heterocycles. The minimum atomic E-state index is 0.834. The van der Waals surface area contributed by atoms with Crippen molar-refractivity contribution in [2.75, 3.05) is 13.6 Å². The third kappa shape index (κ3) is 1.84. The molecule has 1 rings (SSSR count). The largest absolute Gasteiger partial charge is 0.321 e. The highest BCUT2D eigenvalue weighted by Gasteiger charge is 2.44. The van der Waals surface area contributed by atoms with Gasteiger partial charge in [-0.15, -0.1) is 0 Å². The van der Waals surface area contributed by atoms with E-state index >= 15 is 0 Å². The van der Waals surface area contributed by atoms with Crippen LogP contribution in [-0.4, -0.2) is 30.2 Å². The van der Waals surface area contributed by atoms with Crippen LogP contribution in [0.5, 0.6) is 0 Å².